The lowest BCUT2D eigenvalue weighted by Gasteiger charge is -2.18. The van der Waals surface area contributed by atoms with E-state index in [-0.39, 0.29) is 12.7 Å². The Morgan fingerprint density at radius 1 is 0.852 bits per heavy atom. The fourth-order valence-corrected chi connectivity index (χ4v) is 3.51. The zero-order valence-corrected chi connectivity index (χ0v) is 18.0. The Morgan fingerprint density at radius 3 is 2.04 bits per heavy atom. The third kappa shape index (κ3) is 14.8. The number of hydrogen-bond acceptors (Lipinski definition) is 4. The molecule has 27 heavy (non-hydrogen) atoms. The van der Waals surface area contributed by atoms with E-state index in [4.69, 9.17) is 8.92 Å². The first-order valence-electron chi connectivity index (χ1n) is 10.5. The van der Waals surface area contributed by atoms with Gasteiger partial charge in [-0.1, -0.05) is 95.0 Å². The van der Waals surface area contributed by atoms with Crippen molar-refractivity contribution >= 4 is 10.1 Å². The van der Waals surface area contributed by atoms with E-state index < -0.39 is 10.1 Å². The molecule has 4 nitrogen and oxygen atoms in total. The first-order valence-corrected chi connectivity index (χ1v) is 12.3. The molecule has 0 spiro atoms. The van der Waals surface area contributed by atoms with E-state index >= 15 is 0 Å². The Labute approximate surface area is 166 Å². The van der Waals surface area contributed by atoms with Crippen molar-refractivity contribution < 1.29 is 17.3 Å². The highest BCUT2D eigenvalue weighted by Gasteiger charge is 2.11. The number of ether oxygens (including phenoxy) is 1. The summed E-state index contributed by atoms with van der Waals surface area (Å²) in [6, 6.07) is 10.1. The molecule has 1 aromatic rings. The summed E-state index contributed by atoms with van der Waals surface area (Å²) in [7, 11) is -3.38. The molecule has 0 aliphatic carbocycles. The second-order valence-corrected chi connectivity index (χ2v) is 8.99. The molecule has 0 heterocycles. The van der Waals surface area contributed by atoms with E-state index in [1.54, 1.807) is 0 Å². The normalized spacial score (nSPS) is 13.0. The molecule has 0 N–H and O–H groups in total. The molecule has 1 atom stereocenters. The summed E-state index contributed by atoms with van der Waals surface area (Å²) in [6.45, 7) is 2.99. The molecule has 0 unspecified atom stereocenters. The van der Waals surface area contributed by atoms with Crippen molar-refractivity contribution in [2.75, 3.05) is 12.9 Å². The molecule has 0 aliphatic rings. The van der Waals surface area contributed by atoms with Crippen molar-refractivity contribution in [3.05, 3.63) is 35.9 Å². The molecular weight excluding hydrogens is 360 g/mol. The van der Waals surface area contributed by atoms with Crippen molar-refractivity contribution in [2.24, 2.45) is 0 Å². The van der Waals surface area contributed by atoms with Crippen LogP contribution in [0.15, 0.2) is 30.3 Å². The molecular formula is C22H38O4S. The van der Waals surface area contributed by atoms with Crippen molar-refractivity contribution in [1.29, 1.82) is 0 Å². The first kappa shape index (κ1) is 24.1. The molecule has 0 aliphatic heterocycles. The fraction of sp³-hybridized carbons (Fsp3) is 0.727. The van der Waals surface area contributed by atoms with Gasteiger partial charge in [-0.05, 0) is 18.4 Å². The molecule has 0 aromatic heterocycles. The summed E-state index contributed by atoms with van der Waals surface area (Å²) < 4.78 is 33.2. The number of hydrogen-bond donors (Lipinski definition) is 0. The Bertz CT molecular complexity index is 557. The van der Waals surface area contributed by atoms with Crippen LogP contribution in [0.2, 0.25) is 0 Å². The van der Waals surface area contributed by atoms with Crippen LogP contribution in [0.1, 0.15) is 83.1 Å². The van der Waals surface area contributed by atoms with Crippen molar-refractivity contribution in [2.45, 2.75) is 90.3 Å². The van der Waals surface area contributed by atoms with Gasteiger partial charge in [0.1, 0.15) is 0 Å². The Hall–Kier alpha value is -0.910. The summed E-state index contributed by atoms with van der Waals surface area (Å²) in [5.74, 6) is 0. The molecule has 0 bridgehead atoms. The highest BCUT2D eigenvalue weighted by molar-refractivity contribution is 7.85. The monoisotopic (exact) mass is 398 g/mol. The minimum Gasteiger partial charge on any atom is -0.373 e. The van der Waals surface area contributed by atoms with Gasteiger partial charge >= 0.3 is 0 Å². The molecule has 0 amide bonds. The second kappa shape index (κ2) is 15.1. The predicted molar refractivity (Wildman–Crippen MR) is 112 cm³/mol. The molecule has 1 aromatic carbocycles. The maximum Gasteiger partial charge on any atom is 0.264 e. The van der Waals surface area contributed by atoms with Crippen LogP contribution in [0.25, 0.3) is 0 Å². The zero-order chi connectivity index (χ0) is 19.8. The predicted octanol–water partition coefficient (Wildman–Crippen LogP) is 5.86. The average Bonchev–Trinajstić information content (AvgIpc) is 2.64. The van der Waals surface area contributed by atoms with Gasteiger partial charge < -0.3 is 4.74 Å². The number of rotatable bonds is 17. The van der Waals surface area contributed by atoms with Gasteiger partial charge in [0.2, 0.25) is 0 Å². The Balaban J connectivity index is 2.24. The largest absolute Gasteiger partial charge is 0.373 e. The van der Waals surface area contributed by atoms with Crippen LogP contribution in [0.4, 0.5) is 0 Å². The maximum absolute atomic E-state index is 11.2. The lowest BCUT2D eigenvalue weighted by Crippen LogP contribution is -2.17. The van der Waals surface area contributed by atoms with Gasteiger partial charge in [-0.3, -0.25) is 4.18 Å². The quantitative estimate of drug-likeness (QED) is 0.244. The van der Waals surface area contributed by atoms with E-state index in [0.29, 0.717) is 13.0 Å². The lowest BCUT2D eigenvalue weighted by molar-refractivity contribution is 0.0201. The summed E-state index contributed by atoms with van der Waals surface area (Å²) in [5.41, 5.74) is 1.14. The molecule has 0 saturated carbocycles. The van der Waals surface area contributed by atoms with Gasteiger partial charge in [0.15, 0.2) is 0 Å². The first-order chi connectivity index (χ1) is 13.0. The van der Waals surface area contributed by atoms with Crippen molar-refractivity contribution in [1.82, 2.24) is 0 Å². The lowest BCUT2D eigenvalue weighted by atomic mass is 10.0. The van der Waals surface area contributed by atoms with Crippen LogP contribution < -0.4 is 0 Å². The van der Waals surface area contributed by atoms with E-state index in [0.717, 1.165) is 24.7 Å². The van der Waals surface area contributed by atoms with Gasteiger partial charge in [0.05, 0.1) is 25.6 Å². The molecule has 1 rings (SSSR count). The SMILES string of the molecule is CCCCCCCCCCC[C@H](CCOS(C)(=O)=O)OCc1ccccc1. The third-order valence-corrected chi connectivity index (χ3v) is 5.29. The smallest absolute Gasteiger partial charge is 0.264 e. The Morgan fingerprint density at radius 2 is 1.44 bits per heavy atom. The summed E-state index contributed by atoms with van der Waals surface area (Å²) in [4.78, 5) is 0. The minimum absolute atomic E-state index is 0.0384. The van der Waals surface area contributed by atoms with Gasteiger partial charge in [-0.15, -0.1) is 0 Å². The summed E-state index contributed by atoms with van der Waals surface area (Å²) in [5, 5.41) is 0. The summed E-state index contributed by atoms with van der Waals surface area (Å²) in [6.07, 6.45) is 14.3. The highest BCUT2D eigenvalue weighted by atomic mass is 32.2. The maximum atomic E-state index is 11.2. The van der Waals surface area contributed by atoms with Crippen molar-refractivity contribution in [3.8, 4) is 0 Å². The number of unbranched alkanes of at least 4 members (excludes halogenated alkanes) is 8. The standard InChI is InChI=1S/C22H38O4S/c1-3-4-5-6-7-8-9-10-14-17-22(18-19-26-27(2,23)24)25-20-21-15-12-11-13-16-21/h11-13,15-16,22H,3-10,14,17-20H2,1-2H3/t22-/m1/s1. The second-order valence-electron chi connectivity index (χ2n) is 7.35. The molecule has 0 radical (unpaired) electrons. The van der Waals surface area contributed by atoms with Crippen LogP contribution in [-0.2, 0) is 25.6 Å². The topological polar surface area (TPSA) is 52.6 Å². The van der Waals surface area contributed by atoms with E-state index in [1.165, 1.54) is 51.4 Å². The average molecular weight is 399 g/mol. The van der Waals surface area contributed by atoms with E-state index in [1.807, 2.05) is 30.3 Å². The molecule has 0 saturated heterocycles. The van der Waals surface area contributed by atoms with Crippen LogP contribution in [-0.4, -0.2) is 27.4 Å². The molecule has 0 fully saturated rings. The number of benzene rings is 1. The van der Waals surface area contributed by atoms with Gasteiger partial charge in [0.25, 0.3) is 10.1 Å². The third-order valence-electron chi connectivity index (χ3n) is 4.70. The highest BCUT2D eigenvalue weighted by Crippen LogP contribution is 2.16. The van der Waals surface area contributed by atoms with Crippen LogP contribution in [0, 0.1) is 0 Å². The fourth-order valence-electron chi connectivity index (χ4n) is 3.11. The Kier molecular flexibility index (Phi) is 13.5. The van der Waals surface area contributed by atoms with Crippen LogP contribution in [0.5, 0.6) is 0 Å². The van der Waals surface area contributed by atoms with E-state index in [9.17, 15) is 8.42 Å². The van der Waals surface area contributed by atoms with Gasteiger partial charge in [0, 0.05) is 0 Å². The van der Waals surface area contributed by atoms with E-state index in [2.05, 4.69) is 6.92 Å². The van der Waals surface area contributed by atoms with Gasteiger partial charge in [-0.2, -0.15) is 8.42 Å². The molecule has 5 heteroatoms. The zero-order valence-electron chi connectivity index (χ0n) is 17.2. The molecule has 156 valence electrons. The van der Waals surface area contributed by atoms with Crippen LogP contribution >= 0.6 is 0 Å². The van der Waals surface area contributed by atoms with Gasteiger partial charge in [-0.25, -0.2) is 0 Å². The minimum atomic E-state index is -3.38. The van der Waals surface area contributed by atoms with Crippen LogP contribution in [0.3, 0.4) is 0 Å². The van der Waals surface area contributed by atoms with Crippen molar-refractivity contribution in [3.63, 3.8) is 0 Å². The summed E-state index contributed by atoms with van der Waals surface area (Å²) >= 11 is 0.